The first-order valence-electron chi connectivity index (χ1n) is 10.6. The fraction of sp³-hybridized carbons (Fsp3) is 0.231. The second-order valence-electron chi connectivity index (χ2n) is 7.48. The monoisotopic (exact) mass is 447 g/mol. The summed E-state index contributed by atoms with van der Waals surface area (Å²) >= 11 is 0. The average Bonchev–Trinajstić information content (AvgIpc) is 2.86. The summed E-state index contributed by atoms with van der Waals surface area (Å²) in [5, 5.41) is 0. The van der Waals surface area contributed by atoms with Crippen molar-refractivity contribution < 1.29 is 28.5 Å². The zero-order valence-electron chi connectivity index (χ0n) is 18.5. The van der Waals surface area contributed by atoms with Gasteiger partial charge in [0.15, 0.2) is 17.4 Å². The third-order valence-electron chi connectivity index (χ3n) is 5.45. The summed E-state index contributed by atoms with van der Waals surface area (Å²) in [4.78, 5) is 26.0. The van der Waals surface area contributed by atoms with Crippen LogP contribution in [0.25, 0.3) is 0 Å². The number of carbonyl (C=O) groups is 2. The lowest BCUT2D eigenvalue weighted by atomic mass is 9.99. The zero-order chi connectivity index (χ0) is 23.2. The number of hydrogen-bond donors (Lipinski definition) is 0. The quantitative estimate of drug-likeness (QED) is 0.371. The Hall–Kier alpha value is -4.00. The van der Waals surface area contributed by atoms with Crippen molar-refractivity contribution in [1.29, 1.82) is 0 Å². The van der Waals surface area contributed by atoms with Gasteiger partial charge in [-0.05, 0) is 48.4 Å². The molecule has 0 spiro atoms. The molecule has 170 valence electrons. The lowest BCUT2D eigenvalue weighted by Gasteiger charge is -2.32. The minimum atomic E-state index is -0.992. The second kappa shape index (κ2) is 10.1. The Morgan fingerprint density at radius 2 is 1.36 bits per heavy atom. The molecule has 0 amide bonds. The van der Waals surface area contributed by atoms with Crippen molar-refractivity contribution in [2.24, 2.45) is 5.92 Å². The highest BCUT2D eigenvalue weighted by Crippen LogP contribution is 2.45. The standard InChI is InChI=1S/C26H25NO6/c1-30-25(28)20(26(29)31-2)17-18-11-13-19(14-12-18)32-16-15-27-21-7-3-5-9-23(21)33-24-10-6-4-8-22(24)27/h3-14,20H,15-17H2,1-2H3. The van der Waals surface area contributed by atoms with Gasteiger partial charge in [0.25, 0.3) is 0 Å². The topological polar surface area (TPSA) is 74.3 Å². The maximum atomic E-state index is 11.9. The normalized spacial score (nSPS) is 11.8. The lowest BCUT2D eigenvalue weighted by Crippen LogP contribution is -2.28. The summed E-state index contributed by atoms with van der Waals surface area (Å²) in [5.41, 5.74) is 2.79. The number of carbonyl (C=O) groups excluding carboxylic acids is 2. The Morgan fingerprint density at radius 3 is 1.91 bits per heavy atom. The first-order valence-corrected chi connectivity index (χ1v) is 10.6. The summed E-state index contributed by atoms with van der Waals surface area (Å²) in [5.74, 6) is 0.0913. The average molecular weight is 447 g/mol. The molecule has 0 N–H and O–H groups in total. The highest BCUT2D eigenvalue weighted by molar-refractivity contribution is 5.95. The molecule has 0 unspecified atom stereocenters. The minimum Gasteiger partial charge on any atom is -0.492 e. The van der Waals surface area contributed by atoms with Crippen molar-refractivity contribution >= 4 is 23.3 Å². The predicted octanol–water partition coefficient (Wildman–Crippen LogP) is 4.51. The maximum Gasteiger partial charge on any atom is 0.320 e. The van der Waals surface area contributed by atoms with Crippen molar-refractivity contribution in [3.8, 4) is 17.2 Å². The van der Waals surface area contributed by atoms with E-state index in [0.717, 1.165) is 28.4 Å². The van der Waals surface area contributed by atoms with E-state index in [2.05, 4.69) is 4.90 Å². The van der Waals surface area contributed by atoms with Crippen molar-refractivity contribution in [2.75, 3.05) is 32.3 Å². The molecule has 0 aromatic heterocycles. The van der Waals surface area contributed by atoms with Crippen molar-refractivity contribution in [1.82, 2.24) is 0 Å². The van der Waals surface area contributed by atoms with E-state index in [-0.39, 0.29) is 6.42 Å². The number of benzene rings is 3. The van der Waals surface area contributed by atoms with Crippen LogP contribution in [0, 0.1) is 5.92 Å². The molecule has 0 bridgehead atoms. The van der Waals surface area contributed by atoms with Gasteiger partial charge in [-0.2, -0.15) is 0 Å². The van der Waals surface area contributed by atoms with Crippen LogP contribution in [0.4, 0.5) is 11.4 Å². The van der Waals surface area contributed by atoms with Crippen molar-refractivity contribution in [2.45, 2.75) is 6.42 Å². The third-order valence-corrected chi connectivity index (χ3v) is 5.45. The van der Waals surface area contributed by atoms with Crippen LogP contribution in [0.2, 0.25) is 0 Å². The van der Waals surface area contributed by atoms with Gasteiger partial charge in [0.2, 0.25) is 0 Å². The van der Waals surface area contributed by atoms with Gasteiger partial charge in [0.05, 0.1) is 32.1 Å². The number of nitrogens with zero attached hydrogens (tertiary/aromatic N) is 1. The van der Waals surface area contributed by atoms with E-state index in [0.29, 0.717) is 18.9 Å². The lowest BCUT2D eigenvalue weighted by molar-refractivity contribution is -0.158. The summed E-state index contributed by atoms with van der Waals surface area (Å²) in [6.45, 7) is 1.08. The molecular weight excluding hydrogens is 422 g/mol. The Balaban J connectivity index is 1.40. The molecule has 0 radical (unpaired) electrons. The van der Waals surface area contributed by atoms with Gasteiger partial charge >= 0.3 is 11.9 Å². The van der Waals surface area contributed by atoms with Gasteiger partial charge < -0.3 is 23.8 Å². The molecule has 7 heteroatoms. The summed E-state index contributed by atoms with van der Waals surface area (Å²) in [6.07, 6.45) is 0.195. The zero-order valence-corrected chi connectivity index (χ0v) is 18.5. The van der Waals surface area contributed by atoms with E-state index in [9.17, 15) is 9.59 Å². The third kappa shape index (κ3) is 4.92. The molecule has 1 aliphatic rings. The van der Waals surface area contributed by atoms with Crippen LogP contribution in [-0.2, 0) is 25.5 Å². The molecule has 1 aliphatic heterocycles. The number of para-hydroxylation sites is 4. The Kier molecular flexibility index (Phi) is 6.78. The molecule has 4 rings (SSSR count). The number of fused-ring (bicyclic) bond motifs is 2. The smallest absolute Gasteiger partial charge is 0.320 e. The van der Waals surface area contributed by atoms with E-state index in [1.807, 2.05) is 72.8 Å². The first-order chi connectivity index (χ1) is 16.1. The Bertz CT molecular complexity index is 1070. The predicted molar refractivity (Wildman–Crippen MR) is 123 cm³/mol. The van der Waals surface area contributed by atoms with Gasteiger partial charge in [-0.25, -0.2) is 0 Å². The molecule has 33 heavy (non-hydrogen) atoms. The van der Waals surface area contributed by atoms with Crippen LogP contribution in [0.15, 0.2) is 72.8 Å². The first kappa shape index (κ1) is 22.2. The molecule has 7 nitrogen and oxygen atoms in total. The van der Waals surface area contributed by atoms with E-state index in [1.165, 1.54) is 14.2 Å². The van der Waals surface area contributed by atoms with Gasteiger partial charge in [0, 0.05) is 0 Å². The molecule has 0 aliphatic carbocycles. The minimum absolute atomic E-state index is 0.195. The summed E-state index contributed by atoms with van der Waals surface area (Å²) in [7, 11) is 2.50. The van der Waals surface area contributed by atoms with Gasteiger partial charge in [-0.15, -0.1) is 0 Å². The van der Waals surface area contributed by atoms with Crippen molar-refractivity contribution in [3.63, 3.8) is 0 Å². The van der Waals surface area contributed by atoms with E-state index < -0.39 is 17.9 Å². The number of anilines is 2. The molecule has 3 aromatic carbocycles. The highest BCUT2D eigenvalue weighted by atomic mass is 16.5. The highest BCUT2D eigenvalue weighted by Gasteiger charge is 2.29. The molecular formula is C26H25NO6. The molecule has 3 aromatic rings. The maximum absolute atomic E-state index is 11.9. The largest absolute Gasteiger partial charge is 0.492 e. The fourth-order valence-corrected chi connectivity index (χ4v) is 3.78. The number of esters is 2. The number of ether oxygens (including phenoxy) is 4. The molecule has 0 atom stereocenters. The molecule has 1 heterocycles. The fourth-order valence-electron chi connectivity index (χ4n) is 3.78. The Morgan fingerprint density at radius 1 is 0.818 bits per heavy atom. The second-order valence-corrected chi connectivity index (χ2v) is 7.48. The van der Waals surface area contributed by atoms with Gasteiger partial charge in [-0.1, -0.05) is 36.4 Å². The Labute approximate surface area is 192 Å². The number of hydrogen-bond acceptors (Lipinski definition) is 7. The van der Waals surface area contributed by atoms with Crippen LogP contribution in [0.1, 0.15) is 5.56 Å². The van der Waals surface area contributed by atoms with Crippen LogP contribution in [0.3, 0.4) is 0 Å². The van der Waals surface area contributed by atoms with Crippen LogP contribution >= 0.6 is 0 Å². The van der Waals surface area contributed by atoms with Crippen LogP contribution < -0.4 is 14.4 Å². The molecule has 0 saturated heterocycles. The van der Waals surface area contributed by atoms with E-state index in [1.54, 1.807) is 0 Å². The molecule has 0 saturated carbocycles. The molecule has 0 fully saturated rings. The van der Waals surface area contributed by atoms with Crippen LogP contribution in [-0.4, -0.2) is 39.3 Å². The van der Waals surface area contributed by atoms with E-state index >= 15 is 0 Å². The van der Waals surface area contributed by atoms with Crippen LogP contribution in [0.5, 0.6) is 17.2 Å². The number of methoxy groups -OCH3 is 2. The summed E-state index contributed by atoms with van der Waals surface area (Å²) in [6, 6.07) is 23.1. The van der Waals surface area contributed by atoms with Gasteiger partial charge in [-0.3, -0.25) is 9.59 Å². The van der Waals surface area contributed by atoms with Gasteiger partial charge in [0.1, 0.15) is 12.4 Å². The summed E-state index contributed by atoms with van der Waals surface area (Å²) < 4.78 is 21.4. The van der Waals surface area contributed by atoms with Crippen molar-refractivity contribution in [3.05, 3.63) is 78.4 Å². The van der Waals surface area contributed by atoms with E-state index in [4.69, 9.17) is 18.9 Å². The SMILES string of the molecule is COC(=O)C(Cc1ccc(OCCN2c3ccccc3Oc3ccccc32)cc1)C(=O)OC. The number of rotatable bonds is 8.